The van der Waals surface area contributed by atoms with Crippen LogP contribution in [0.5, 0.6) is 11.5 Å². The van der Waals surface area contributed by atoms with Gasteiger partial charge in [-0.05, 0) is 101 Å². The Morgan fingerprint density at radius 3 is 2.46 bits per heavy atom. The number of hydrogen-bond donors (Lipinski definition) is 1. The van der Waals surface area contributed by atoms with Gasteiger partial charge in [0.15, 0.2) is 0 Å². The highest BCUT2D eigenvalue weighted by Crippen LogP contribution is 2.33. The molecule has 4 heteroatoms. The van der Waals surface area contributed by atoms with Crippen molar-refractivity contribution in [2.75, 3.05) is 20.3 Å². The number of hydrogen-bond acceptors (Lipinski definition) is 3. The van der Waals surface area contributed by atoms with Gasteiger partial charge in [-0.25, -0.2) is 0 Å². The Labute approximate surface area is 225 Å². The maximum Gasteiger partial charge on any atom is 0.123 e. The van der Waals surface area contributed by atoms with Crippen molar-refractivity contribution in [2.24, 2.45) is 11.8 Å². The van der Waals surface area contributed by atoms with Gasteiger partial charge in [0.25, 0.3) is 0 Å². The summed E-state index contributed by atoms with van der Waals surface area (Å²) in [7, 11) is 1.71. The highest BCUT2D eigenvalue weighted by Gasteiger charge is 2.18. The van der Waals surface area contributed by atoms with Crippen molar-refractivity contribution in [2.45, 2.75) is 52.5 Å². The number of benzene rings is 3. The fourth-order valence-corrected chi connectivity index (χ4v) is 5.27. The topological polar surface area (TPSA) is 30.5 Å². The van der Waals surface area contributed by atoms with Gasteiger partial charge in [-0.15, -0.1) is 0 Å². The summed E-state index contributed by atoms with van der Waals surface area (Å²) >= 11 is 2.40. The highest BCUT2D eigenvalue weighted by atomic mass is 127. The third-order valence-corrected chi connectivity index (χ3v) is 7.26. The fraction of sp³-hybridized carbons (Fsp3) is 0.419. The van der Waals surface area contributed by atoms with Crippen LogP contribution < -0.4 is 14.8 Å². The van der Waals surface area contributed by atoms with Crippen molar-refractivity contribution >= 4 is 22.6 Å². The lowest BCUT2D eigenvalue weighted by Gasteiger charge is -2.24. The van der Waals surface area contributed by atoms with E-state index in [-0.39, 0.29) is 0 Å². The van der Waals surface area contributed by atoms with Gasteiger partial charge in [-0.1, -0.05) is 63.2 Å². The lowest BCUT2D eigenvalue weighted by molar-refractivity contribution is 0.312. The van der Waals surface area contributed by atoms with Crippen LogP contribution in [0.25, 0.3) is 0 Å². The Bertz CT molecular complexity index is 1040. The third kappa shape index (κ3) is 9.16. The summed E-state index contributed by atoms with van der Waals surface area (Å²) in [6.07, 6.45) is 3.58. The molecule has 2 unspecified atom stereocenters. The minimum atomic E-state index is 0.542. The Kier molecular flexibility index (Phi) is 11.4. The van der Waals surface area contributed by atoms with Gasteiger partial charge < -0.3 is 14.8 Å². The van der Waals surface area contributed by atoms with E-state index >= 15 is 0 Å². The van der Waals surface area contributed by atoms with Crippen LogP contribution in [0.15, 0.2) is 72.8 Å². The molecular weight excluding hydrogens is 545 g/mol. The zero-order chi connectivity index (χ0) is 25.0. The highest BCUT2D eigenvalue weighted by molar-refractivity contribution is 14.1. The summed E-state index contributed by atoms with van der Waals surface area (Å²) in [6, 6.07) is 25.7. The summed E-state index contributed by atoms with van der Waals surface area (Å²) in [4.78, 5) is 0. The Morgan fingerprint density at radius 1 is 0.886 bits per heavy atom. The van der Waals surface area contributed by atoms with E-state index in [9.17, 15) is 0 Å². The van der Waals surface area contributed by atoms with Crippen molar-refractivity contribution in [3.05, 3.63) is 93.1 Å². The molecule has 3 rings (SSSR count). The van der Waals surface area contributed by atoms with Crippen LogP contribution in [0.2, 0.25) is 0 Å². The number of nitrogens with one attached hydrogen (secondary N) is 1. The van der Waals surface area contributed by atoms with E-state index in [4.69, 9.17) is 9.47 Å². The van der Waals surface area contributed by atoms with E-state index in [2.05, 4.69) is 103 Å². The van der Waals surface area contributed by atoms with Crippen molar-refractivity contribution in [1.29, 1.82) is 0 Å². The average molecular weight is 586 g/mol. The molecule has 0 spiro atoms. The first-order valence-corrected chi connectivity index (χ1v) is 13.8. The summed E-state index contributed by atoms with van der Waals surface area (Å²) in [5.41, 5.74) is 3.99. The van der Waals surface area contributed by atoms with Crippen LogP contribution in [0, 0.1) is 15.4 Å². The molecule has 0 amide bonds. The van der Waals surface area contributed by atoms with E-state index in [1.165, 1.54) is 27.5 Å². The number of halogens is 1. The predicted molar refractivity (Wildman–Crippen MR) is 155 cm³/mol. The molecule has 35 heavy (non-hydrogen) atoms. The Hall–Kier alpha value is -2.05. The van der Waals surface area contributed by atoms with Crippen LogP contribution >= 0.6 is 22.6 Å². The second-order valence-electron chi connectivity index (χ2n) is 9.78. The van der Waals surface area contributed by atoms with Crippen molar-refractivity contribution < 1.29 is 9.47 Å². The van der Waals surface area contributed by atoms with Crippen LogP contribution in [0.1, 0.15) is 56.2 Å². The molecule has 3 nitrogen and oxygen atoms in total. The average Bonchev–Trinajstić information content (AvgIpc) is 2.84. The van der Waals surface area contributed by atoms with E-state index in [1.807, 2.05) is 18.2 Å². The number of para-hydroxylation sites is 1. The fourth-order valence-electron chi connectivity index (χ4n) is 4.67. The molecule has 2 atom stereocenters. The molecule has 0 aliphatic heterocycles. The Balaban J connectivity index is 1.48. The summed E-state index contributed by atoms with van der Waals surface area (Å²) in [5.74, 6) is 3.68. The van der Waals surface area contributed by atoms with Gasteiger partial charge in [0.05, 0.1) is 7.11 Å². The minimum Gasteiger partial charge on any atom is -0.496 e. The van der Waals surface area contributed by atoms with Gasteiger partial charge in [-0.2, -0.15) is 0 Å². The molecule has 3 aromatic rings. The lowest BCUT2D eigenvalue weighted by atomic mass is 9.82. The normalized spacial score (nSPS) is 13.0. The van der Waals surface area contributed by atoms with Crippen molar-refractivity contribution in [3.8, 4) is 11.5 Å². The molecule has 0 radical (unpaired) electrons. The van der Waals surface area contributed by atoms with Crippen LogP contribution in [0.4, 0.5) is 0 Å². The van der Waals surface area contributed by atoms with Crippen LogP contribution in [-0.4, -0.2) is 20.3 Å². The number of methoxy groups -OCH3 is 1. The predicted octanol–water partition coefficient (Wildman–Crippen LogP) is 7.87. The van der Waals surface area contributed by atoms with Gasteiger partial charge >= 0.3 is 0 Å². The van der Waals surface area contributed by atoms with Crippen molar-refractivity contribution in [1.82, 2.24) is 5.32 Å². The molecule has 0 aromatic heterocycles. The first-order chi connectivity index (χ1) is 17.0. The SMILES string of the molecule is COc1ccccc1CNCCOc1cccc(C(CCC(C)Cc2cccc(I)c2)C(C)C)c1. The molecule has 0 bridgehead atoms. The smallest absolute Gasteiger partial charge is 0.123 e. The van der Waals surface area contributed by atoms with Crippen LogP contribution in [0.3, 0.4) is 0 Å². The van der Waals surface area contributed by atoms with Gasteiger partial charge in [0.1, 0.15) is 18.1 Å². The minimum absolute atomic E-state index is 0.542. The molecule has 0 aliphatic rings. The van der Waals surface area contributed by atoms with E-state index in [0.29, 0.717) is 24.4 Å². The van der Waals surface area contributed by atoms with Gasteiger partial charge in [0.2, 0.25) is 0 Å². The molecule has 1 N–H and O–H groups in total. The van der Waals surface area contributed by atoms with Crippen molar-refractivity contribution in [3.63, 3.8) is 0 Å². The second kappa shape index (κ2) is 14.5. The monoisotopic (exact) mass is 585 g/mol. The maximum absolute atomic E-state index is 6.09. The zero-order valence-electron chi connectivity index (χ0n) is 21.6. The molecule has 0 saturated heterocycles. The van der Waals surface area contributed by atoms with E-state index < -0.39 is 0 Å². The largest absolute Gasteiger partial charge is 0.496 e. The maximum atomic E-state index is 6.09. The summed E-state index contributed by atoms with van der Waals surface area (Å²) in [5, 5.41) is 3.45. The zero-order valence-corrected chi connectivity index (χ0v) is 23.8. The summed E-state index contributed by atoms with van der Waals surface area (Å²) < 4.78 is 12.8. The number of rotatable bonds is 14. The first kappa shape index (κ1) is 27.5. The molecule has 3 aromatic carbocycles. The molecule has 0 fully saturated rings. The van der Waals surface area contributed by atoms with E-state index in [0.717, 1.165) is 36.6 Å². The standard InChI is InChI=1S/C31H40INO2/c1-23(2)30(16-15-24(3)19-25-9-7-12-28(32)20-25)26-11-8-13-29(21-26)35-18-17-33-22-27-10-5-6-14-31(27)34-4/h5-14,20-21,23-24,30,33H,15-19,22H2,1-4H3. The molecular formula is C31H40INO2. The van der Waals surface area contributed by atoms with Crippen LogP contribution in [-0.2, 0) is 13.0 Å². The molecule has 188 valence electrons. The second-order valence-corrected chi connectivity index (χ2v) is 11.0. The van der Waals surface area contributed by atoms with Gasteiger partial charge in [-0.3, -0.25) is 0 Å². The van der Waals surface area contributed by atoms with E-state index in [1.54, 1.807) is 7.11 Å². The molecule has 0 saturated carbocycles. The Morgan fingerprint density at radius 2 is 1.69 bits per heavy atom. The molecule has 0 aliphatic carbocycles. The third-order valence-electron chi connectivity index (χ3n) is 6.59. The van der Waals surface area contributed by atoms with Gasteiger partial charge in [0, 0.05) is 22.2 Å². The summed E-state index contributed by atoms with van der Waals surface area (Å²) in [6.45, 7) is 9.25. The molecule has 0 heterocycles. The first-order valence-electron chi connectivity index (χ1n) is 12.8. The number of ether oxygens (including phenoxy) is 2. The lowest BCUT2D eigenvalue weighted by Crippen LogP contribution is -2.21. The quantitative estimate of drug-likeness (QED) is 0.154.